The van der Waals surface area contributed by atoms with Gasteiger partial charge in [-0.1, -0.05) is 39.8 Å². The summed E-state index contributed by atoms with van der Waals surface area (Å²) in [5, 5.41) is 20.0. The van der Waals surface area contributed by atoms with Gasteiger partial charge in [0, 0.05) is 80.9 Å². The van der Waals surface area contributed by atoms with Gasteiger partial charge in [-0.05, 0) is 104 Å². The lowest BCUT2D eigenvalue weighted by molar-refractivity contribution is -0.155. The molecule has 3 fully saturated rings. The molecule has 2 aromatic carbocycles. The Balaban J connectivity index is 1.17. The van der Waals surface area contributed by atoms with Crippen LogP contribution in [0.15, 0.2) is 54.7 Å². The monoisotopic (exact) mass is 921 g/mol. The molecule has 3 amide bonds. The second-order valence-electron chi connectivity index (χ2n) is 19.9. The number of rotatable bonds is 13. The fraction of sp³-hybridized carbons (Fsp3) is 0.549. The van der Waals surface area contributed by atoms with Gasteiger partial charge in [0.1, 0.15) is 23.9 Å². The van der Waals surface area contributed by atoms with Crippen LogP contribution >= 0.6 is 0 Å². The lowest BCUT2D eigenvalue weighted by Crippen LogP contribution is -2.63. The summed E-state index contributed by atoms with van der Waals surface area (Å²) in [5.41, 5.74) is 9.68. The number of esters is 1. The molecule has 16 heteroatoms. The van der Waals surface area contributed by atoms with Crippen molar-refractivity contribution in [2.45, 2.75) is 117 Å². The van der Waals surface area contributed by atoms with Gasteiger partial charge in [0.25, 0.3) is 5.91 Å². The maximum absolute atomic E-state index is 14.8. The molecule has 4 N–H and O–H groups in total. The third-order valence-corrected chi connectivity index (χ3v) is 13.8. The highest BCUT2D eigenvalue weighted by atomic mass is 16.5. The molecule has 6 atom stereocenters. The number of nitrogens with zero attached hydrogens (tertiary/aromatic N) is 5. The fourth-order valence-corrected chi connectivity index (χ4v) is 10.0. The van der Waals surface area contributed by atoms with Gasteiger partial charge in [0.2, 0.25) is 11.8 Å². The molecule has 0 unspecified atom stereocenters. The average molecular weight is 921 g/mol. The predicted molar refractivity (Wildman–Crippen MR) is 254 cm³/mol. The van der Waals surface area contributed by atoms with E-state index in [2.05, 4.69) is 59.6 Å². The summed E-state index contributed by atoms with van der Waals surface area (Å²) in [4.78, 5) is 65.6. The second kappa shape index (κ2) is 20.1. The largest absolute Gasteiger partial charge is 0.508 e. The van der Waals surface area contributed by atoms with Crippen molar-refractivity contribution in [2.75, 3.05) is 53.7 Å². The molecule has 16 nitrogen and oxygen atoms in total. The van der Waals surface area contributed by atoms with Crippen molar-refractivity contribution in [2.24, 2.45) is 11.3 Å². The van der Waals surface area contributed by atoms with Crippen LogP contribution in [0.2, 0.25) is 0 Å². The normalized spacial score (nSPS) is 23.0. The molecule has 0 spiro atoms. The molecular formula is C51H68N8O8. The number of benzene rings is 2. The molecule has 0 aliphatic carbocycles. The van der Waals surface area contributed by atoms with Crippen LogP contribution < -0.4 is 16.1 Å². The number of amides is 3. The number of aromatic nitrogens is 2. The topological polar surface area (TPSA) is 190 Å². The van der Waals surface area contributed by atoms with E-state index < -0.39 is 47.4 Å². The van der Waals surface area contributed by atoms with Crippen molar-refractivity contribution in [3.63, 3.8) is 0 Å². The minimum absolute atomic E-state index is 0.00739. The number of nitrogens with one attached hydrogen (secondary N) is 3. The fourth-order valence-electron chi connectivity index (χ4n) is 10.0. The molecule has 0 saturated carbocycles. The first kappa shape index (κ1) is 48.1. The van der Waals surface area contributed by atoms with Crippen molar-refractivity contribution in [1.82, 2.24) is 40.4 Å². The molecule has 67 heavy (non-hydrogen) atoms. The van der Waals surface area contributed by atoms with Gasteiger partial charge in [0.15, 0.2) is 0 Å². The number of cyclic esters (lactones) is 1. The summed E-state index contributed by atoms with van der Waals surface area (Å²) in [6.07, 6.45) is 3.71. The Morgan fingerprint density at radius 1 is 1.07 bits per heavy atom. The number of phenols is 1. The highest BCUT2D eigenvalue weighted by Gasteiger charge is 2.42. The van der Waals surface area contributed by atoms with Gasteiger partial charge >= 0.3 is 5.97 Å². The SMILES string of the molecule is CCn1c(-c2cccnc2[C@H](C)OC)c2c3cc(ccc31)-c1cc(O)cc(c1)C[C@H](NC(=O)[C@H](C(C)C)N(C)C(=O)[C@H]1CCN1COC[C@@H]1CN1)C(=O)N1CCC[C@H](N1)C(=O)OCC(C)(C)C2. The van der Waals surface area contributed by atoms with E-state index in [-0.39, 0.29) is 36.7 Å². The predicted octanol–water partition coefficient (Wildman–Crippen LogP) is 4.95. The van der Waals surface area contributed by atoms with Gasteiger partial charge in [-0.25, -0.2) is 5.43 Å². The Kier molecular flexibility index (Phi) is 14.4. The van der Waals surface area contributed by atoms with Crippen molar-refractivity contribution in [3.05, 3.63) is 71.5 Å². The van der Waals surface area contributed by atoms with Crippen LogP contribution in [0.25, 0.3) is 33.3 Å². The number of likely N-dealkylation sites (N-methyl/N-ethyl adjacent to an activating group) is 1. The maximum Gasteiger partial charge on any atom is 0.324 e. The number of carbonyl (C=O) groups is 4. The Bertz CT molecular complexity index is 2480. The summed E-state index contributed by atoms with van der Waals surface area (Å²) < 4.78 is 20.1. The van der Waals surface area contributed by atoms with Crippen LogP contribution in [-0.2, 0) is 52.8 Å². The number of hydrogen-bond acceptors (Lipinski definition) is 12. The van der Waals surface area contributed by atoms with E-state index in [1.807, 2.05) is 43.9 Å². The van der Waals surface area contributed by atoms with Crippen LogP contribution in [0, 0.1) is 11.3 Å². The molecule has 4 aliphatic heterocycles. The number of aromatic hydroxyl groups is 1. The van der Waals surface area contributed by atoms with E-state index in [1.54, 1.807) is 32.5 Å². The number of pyridine rings is 1. The Morgan fingerprint density at radius 2 is 1.87 bits per heavy atom. The molecular weight excluding hydrogens is 853 g/mol. The zero-order valence-electron chi connectivity index (χ0n) is 40.3. The first-order valence-corrected chi connectivity index (χ1v) is 23.9. The lowest BCUT2D eigenvalue weighted by Gasteiger charge is -2.43. The first-order valence-electron chi connectivity index (χ1n) is 23.9. The van der Waals surface area contributed by atoms with Gasteiger partial charge in [0.05, 0.1) is 43.5 Å². The first-order chi connectivity index (χ1) is 32.1. The Labute approximate surface area is 393 Å². The van der Waals surface area contributed by atoms with Crippen molar-refractivity contribution in [3.8, 4) is 28.1 Å². The van der Waals surface area contributed by atoms with E-state index in [0.29, 0.717) is 63.7 Å². The molecule has 4 aliphatic rings. The van der Waals surface area contributed by atoms with Crippen LogP contribution in [0.1, 0.15) is 83.7 Å². The van der Waals surface area contributed by atoms with Gasteiger partial charge in [-0.3, -0.25) is 34.1 Å². The molecule has 360 valence electrons. The minimum atomic E-state index is -1.13. The Hall–Kier alpha value is -5.39. The number of carbonyl (C=O) groups excluding carboxylic acids is 4. The second-order valence-corrected chi connectivity index (χ2v) is 19.9. The average Bonchev–Trinajstić information content (AvgIpc) is 4.08. The number of methoxy groups -OCH3 is 1. The van der Waals surface area contributed by atoms with Crippen LogP contribution in [0.3, 0.4) is 0 Å². The third-order valence-electron chi connectivity index (χ3n) is 13.8. The zero-order chi connectivity index (χ0) is 47.7. The van der Waals surface area contributed by atoms with E-state index in [1.165, 1.54) is 9.91 Å². The molecule has 3 saturated heterocycles. The number of likely N-dealkylation sites (tertiary alicyclic amines) is 1. The summed E-state index contributed by atoms with van der Waals surface area (Å²) in [5.74, 6) is -1.86. The van der Waals surface area contributed by atoms with Gasteiger partial charge in [-0.15, -0.1) is 0 Å². The smallest absolute Gasteiger partial charge is 0.324 e. The summed E-state index contributed by atoms with van der Waals surface area (Å²) in [6, 6.07) is 12.7. The molecule has 4 aromatic rings. The standard InChI is InChI=1S/C51H68N8O8/c1-9-58-42-15-14-33-24-38(42)39(46(58)37-12-10-17-52-44(37)31(4)65-8)25-51(5,6)28-67-50(64)40-13-11-18-59(55-40)48(62)41(22-32-20-34(33)23-36(60)21-32)54-47(61)45(30(2)3)56(7)49(63)43-16-19-57(43)29-66-27-35-26-53-35/h10,12,14-15,17,20-21,23-24,30-31,35,40-41,43,45,53,55,60H,9,11,13,16,18-19,22,25-29H2,1-8H3,(H,54,61)/t31-,35-,40-,41-,43+,45-/m0/s1. The summed E-state index contributed by atoms with van der Waals surface area (Å²) in [6.45, 7) is 15.7. The van der Waals surface area contributed by atoms with Crippen LogP contribution in [-0.4, -0.2) is 137 Å². The van der Waals surface area contributed by atoms with E-state index in [4.69, 9.17) is 19.2 Å². The van der Waals surface area contributed by atoms with Crippen molar-refractivity contribution < 1.29 is 38.5 Å². The van der Waals surface area contributed by atoms with Crippen molar-refractivity contribution >= 4 is 34.6 Å². The third kappa shape index (κ3) is 10.4. The highest BCUT2D eigenvalue weighted by molar-refractivity contribution is 5.96. The number of phenolic OH excluding ortho intramolecular Hbond substituents is 1. The number of hydrazine groups is 1. The number of fused-ring (bicyclic) bond motifs is 6. The maximum atomic E-state index is 14.8. The summed E-state index contributed by atoms with van der Waals surface area (Å²) in [7, 11) is 3.32. The van der Waals surface area contributed by atoms with E-state index in [0.717, 1.165) is 57.6 Å². The molecule has 0 radical (unpaired) electrons. The van der Waals surface area contributed by atoms with Crippen LogP contribution in [0.4, 0.5) is 0 Å². The van der Waals surface area contributed by atoms with Crippen molar-refractivity contribution in [1.29, 1.82) is 0 Å². The zero-order valence-corrected chi connectivity index (χ0v) is 40.3. The van der Waals surface area contributed by atoms with Gasteiger partial charge < -0.3 is 39.4 Å². The van der Waals surface area contributed by atoms with Crippen LogP contribution in [0.5, 0.6) is 5.75 Å². The number of hydrogen-bond donors (Lipinski definition) is 4. The molecule has 6 heterocycles. The molecule has 8 rings (SSSR count). The Morgan fingerprint density at radius 3 is 2.57 bits per heavy atom. The van der Waals surface area contributed by atoms with E-state index >= 15 is 0 Å². The molecule has 6 bridgehead atoms. The van der Waals surface area contributed by atoms with Gasteiger partial charge in [-0.2, -0.15) is 0 Å². The lowest BCUT2D eigenvalue weighted by atomic mass is 9.84. The van der Waals surface area contributed by atoms with E-state index in [9.17, 15) is 24.3 Å². The molecule has 2 aromatic heterocycles. The minimum Gasteiger partial charge on any atom is -0.508 e. The highest BCUT2D eigenvalue weighted by Crippen LogP contribution is 2.42. The summed E-state index contributed by atoms with van der Waals surface area (Å²) >= 11 is 0. The number of aryl methyl sites for hydroxylation is 1. The number of ether oxygens (including phenoxy) is 3. The quantitative estimate of drug-likeness (QED) is 0.105.